The van der Waals surface area contributed by atoms with Crippen LogP contribution in [0.25, 0.3) is 0 Å². The lowest BCUT2D eigenvalue weighted by molar-refractivity contribution is -0.139. The molecule has 0 saturated carbocycles. The number of carbonyl (C=O) groups excluding carboxylic acids is 2. The monoisotopic (exact) mass is 547 g/mol. The Kier molecular flexibility index (Phi) is 9.12. The number of benzene rings is 3. The topological polar surface area (TPSA) is 96.0 Å². The van der Waals surface area contributed by atoms with Gasteiger partial charge >= 0.3 is 0 Å². The highest BCUT2D eigenvalue weighted by molar-refractivity contribution is 7.92. The Morgan fingerprint density at radius 1 is 1.00 bits per heavy atom. The standard InChI is InChI=1S/C26H27ClFN3O5S/c1-18(26(33)29-2)30(16-19-4-6-20(27)7-5-19)25(32)17-31(22-10-8-21(28)9-11-22)37(34,35)24-14-12-23(36-3)13-15-24/h4-15,18H,16-17H2,1-3H3,(H,29,33)/t18-/m0/s1. The van der Waals surface area contributed by atoms with Crippen molar-refractivity contribution >= 4 is 39.1 Å². The second-order valence-corrected chi connectivity index (χ2v) is 10.4. The molecular weight excluding hydrogens is 521 g/mol. The Morgan fingerprint density at radius 3 is 2.14 bits per heavy atom. The first-order chi connectivity index (χ1) is 17.6. The molecule has 0 saturated heterocycles. The molecule has 37 heavy (non-hydrogen) atoms. The molecule has 3 aromatic rings. The van der Waals surface area contributed by atoms with Crippen LogP contribution in [0.5, 0.6) is 5.75 Å². The minimum atomic E-state index is -4.26. The molecule has 0 aliphatic heterocycles. The van der Waals surface area contributed by atoms with Crippen LogP contribution in [-0.2, 0) is 26.2 Å². The molecule has 0 radical (unpaired) electrons. The van der Waals surface area contributed by atoms with Gasteiger partial charge in [0.15, 0.2) is 0 Å². The van der Waals surface area contributed by atoms with Gasteiger partial charge < -0.3 is 15.0 Å². The summed E-state index contributed by atoms with van der Waals surface area (Å²) in [6.07, 6.45) is 0. The van der Waals surface area contributed by atoms with Gasteiger partial charge in [-0.2, -0.15) is 0 Å². The Bertz CT molecular complexity index is 1330. The summed E-state index contributed by atoms with van der Waals surface area (Å²) in [5, 5.41) is 3.02. The molecular formula is C26H27ClFN3O5S. The van der Waals surface area contributed by atoms with Crippen molar-refractivity contribution in [3.05, 3.63) is 89.2 Å². The molecule has 0 aliphatic carbocycles. The molecule has 0 spiro atoms. The van der Waals surface area contributed by atoms with Crippen molar-refractivity contribution in [2.45, 2.75) is 24.4 Å². The number of carbonyl (C=O) groups is 2. The van der Waals surface area contributed by atoms with Gasteiger partial charge in [-0.25, -0.2) is 12.8 Å². The summed E-state index contributed by atoms with van der Waals surface area (Å²) in [4.78, 5) is 27.3. The number of nitrogens with zero attached hydrogens (tertiary/aromatic N) is 2. The maximum atomic E-state index is 13.7. The molecule has 0 heterocycles. The average Bonchev–Trinajstić information content (AvgIpc) is 2.91. The molecule has 8 nitrogen and oxygen atoms in total. The highest BCUT2D eigenvalue weighted by Gasteiger charge is 2.32. The normalized spacial score (nSPS) is 11.9. The van der Waals surface area contributed by atoms with E-state index >= 15 is 0 Å². The number of amides is 2. The number of halogens is 2. The fraction of sp³-hybridized carbons (Fsp3) is 0.231. The Balaban J connectivity index is 2.01. The van der Waals surface area contributed by atoms with Crippen LogP contribution in [0.2, 0.25) is 5.02 Å². The molecule has 0 unspecified atom stereocenters. The maximum Gasteiger partial charge on any atom is 0.264 e. The van der Waals surface area contributed by atoms with Gasteiger partial charge in [-0.3, -0.25) is 13.9 Å². The highest BCUT2D eigenvalue weighted by Crippen LogP contribution is 2.26. The van der Waals surface area contributed by atoms with Gasteiger partial charge in [-0.05, 0) is 73.2 Å². The van der Waals surface area contributed by atoms with E-state index in [0.29, 0.717) is 16.3 Å². The van der Waals surface area contributed by atoms with Crippen LogP contribution in [0.3, 0.4) is 0 Å². The zero-order valence-corrected chi connectivity index (χ0v) is 22.1. The SMILES string of the molecule is CNC(=O)[C@H](C)N(Cc1ccc(Cl)cc1)C(=O)CN(c1ccc(F)cc1)S(=O)(=O)c1ccc(OC)cc1. The van der Waals surface area contributed by atoms with Gasteiger partial charge in [0.1, 0.15) is 24.2 Å². The van der Waals surface area contributed by atoms with Crippen molar-refractivity contribution < 1.29 is 27.1 Å². The third-order valence-electron chi connectivity index (χ3n) is 5.72. The molecule has 0 aromatic heterocycles. The van der Waals surface area contributed by atoms with Gasteiger partial charge in [0.2, 0.25) is 11.8 Å². The van der Waals surface area contributed by atoms with E-state index < -0.39 is 40.2 Å². The van der Waals surface area contributed by atoms with Gasteiger partial charge in [0.25, 0.3) is 10.0 Å². The summed E-state index contributed by atoms with van der Waals surface area (Å²) < 4.78 is 46.9. The lowest BCUT2D eigenvalue weighted by atomic mass is 10.1. The van der Waals surface area contributed by atoms with E-state index in [-0.39, 0.29) is 17.1 Å². The number of likely N-dealkylation sites (N-methyl/N-ethyl adjacent to an activating group) is 1. The molecule has 3 aromatic carbocycles. The van der Waals surface area contributed by atoms with Crippen LogP contribution in [0.1, 0.15) is 12.5 Å². The van der Waals surface area contributed by atoms with Gasteiger partial charge in [0, 0.05) is 18.6 Å². The van der Waals surface area contributed by atoms with Crippen molar-refractivity contribution in [1.29, 1.82) is 0 Å². The van der Waals surface area contributed by atoms with Crippen molar-refractivity contribution in [1.82, 2.24) is 10.2 Å². The van der Waals surface area contributed by atoms with Gasteiger partial charge in [-0.1, -0.05) is 23.7 Å². The van der Waals surface area contributed by atoms with E-state index in [1.165, 1.54) is 55.5 Å². The van der Waals surface area contributed by atoms with Crippen LogP contribution >= 0.6 is 11.6 Å². The van der Waals surface area contributed by atoms with E-state index in [1.54, 1.807) is 31.2 Å². The summed E-state index contributed by atoms with van der Waals surface area (Å²) in [5.41, 5.74) is 0.782. The fourth-order valence-corrected chi connectivity index (χ4v) is 5.13. The summed E-state index contributed by atoms with van der Waals surface area (Å²) >= 11 is 5.97. The van der Waals surface area contributed by atoms with Gasteiger partial charge in [-0.15, -0.1) is 0 Å². The van der Waals surface area contributed by atoms with E-state index in [2.05, 4.69) is 5.32 Å². The minimum absolute atomic E-state index is 0.0322. The average molecular weight is 548 g/mol. The number of hydrogen-bond donors (Lipinski definition) is 1. The van der Waals surface area contributed by atoms with E-state index in [4.69, 9.17) is 16.3 Å². The molecule has 0 aliphatic rings. The fourth-order valence-electron chi connectivity index (χ4n) is 3.59. The summed E-state index contributed by atoms with van der Waals surface area (Å²) in [6.45, 7) is 0.951. The number of nitrogens with one attached hydrogen (secondary N) is 1. The zero-order valence-electron chi connectivity index (χ0n) is 20.5. The van der Waals surface area contributed by atoms with Gasteiger partial charge in [0.05, 0.1) is 17.7 Å². The summed E-state index contributed by atoms with van der Waals surface area (Å²) in [7, 11) is -1.36. The summed E-state index contributed by atoms with van der Waals surface area (Å²) in [6, 6.07) is 16.3. The number of anilines is 1. The quantitative estimate of drug-likeness (QED) is 0.416. The number of methoxy groups -OCH3 is 1. The molecule has 1 atom stereocenters. The smallest absolute Gasteiger partial charge is 0.264 e. The van der Waals surface area contributed by atoms with Crippen LogP contribution in [0.15, 0.2) is 77.7 Å². The number of ether oxygens (including phenoxy) is 1. The number of rotatable bonds is 10. The Hall–Kier alpha value is -3.63. The predicted octanol–water partition coefficient (Wildman–Crippen LogP) is 3.85. The molecule has 196 valence electrons. The first-order valence-corrected chi connectivity index (χ1v) is 13.1. The Morgan fingerprint density at radius 2 is 1.59 bits per heavy atom. The molecule has 0 fully saturated rings. The molecule has 2 amide bonds. The number of hydrogen-bond acceptors (Lipinski definition) is 5. The third kappa shape index (κ3) is 6.78. The lowest BCUT2D eigenvalue weighted by Gasteiger charge is -2.31. The van der Waals surface area contributed by atoms with E-state index in [9.17, 15) is 22.4 Å². The van der Waals surface area contributed by atoms with E-state index in [1.807, 2.05) is 0 Å². The maximum absolute atomic E-state index is 13.7. The van der Waals surface area contributed by atoms with Crippen LogP contribution in [0.4, 0.5) is 10.1 Å². The van der Waals surface area contributed by atoms with Crippen LogP contribution in [-0.4, -0.2) is 51.9 Å². The number of sulfonamides is 1. The molecule has 0 bridgehead atoms. The second kappa shape index (κ2) is 12.1. The molecule has 11 heteroatoms. The first kappa shape index (κ1) is 27.9. The van der Waals surface area contributed by atoms with Crippen molar-refractivity contribution in [2.24, 2.45) is 0 Å². The van der Waals surface area contributed by atoms with Crippen molar-refractivity contribution in [3.63, 3.8) is 0 Å². The lowest BCUT2D eigenvalue weighted by Crippen LogP contribution is -2.50. The first-order valence-electron chi connectivity index (χ1n) is 11.2. The third-order valence-corrected chi connectivity index (χ3v) is 7.76. The van der Waals surface area contributed by atoms with Crippen LogP contribution < -0.4 is 14.4 Å². The van der Waals surface area contributed by atoms with Crippen LogP contribution in [0, 0.1) is 5.82 Å². The van der Waals surface area contributed by atoms with Crippen molar-refractivity contribution in [3.8, 4) is 5.75 Å². The minimum Gasteiger partial charge on any atom is -0.497 e. The molecule has 1 N–H and O–H groups in total. The van der Waals surface area contributed by atoms with E-state index in [0.717, 1.165) is 16.4 Å². The second-order valence-electron chi connectivity index (χ2n) is 8.10. The molecule has 3 rings (SSSR count). The van der Waals surface area contributed by atoms with Crippen molar-refractivity contribution in [2.75, 3.05) is 25.0 Å². The highest BCUT2D eigenvalue weighted by atomic mass is 35.5. The summed E-state index contributed by atoms with van der Waals surface area (Å²) in [5.74, 6) is -1.16. The predicted molar refractivity (Wildman–Crippen MR) is 139 cm³/mol. The largest absolute Gasteiger partial charge is 0.497 e. The Labute approximate surface area is 220 Å². The zero-order chi connectivity index (χ0) is 27.2.